The van der Waals surface area contributed by atoms with Crippen LogP contribution in [0.5, 0.6) is 0 Å². The van der Waals surface area contributed by atoms with Crippen molar-refractivity contribution in [1.82, 2.24) is 10.3 Å². The van der Waals surface area contributed by atoms with Crippen molar-refractivity contribution in [2.75, 3.05) is 6.61 Å². The summed E-state index contributed by atoms with van der Waals surface area (Å²) >= 11 is 0. The standard InChI is InChI=1S/C11H18N2O/c1-9(2)13-11(6-8-14)10-5-3-4-7-12-10/h3-5,7,9,11,13-14H,6,8H2,1-2H3. The summed E-state index contributed by atoms with van der Waals surface area (Å²) in [5.41, 5.74) is 0.996. The van der Waals surface area contributed by atoms with Crippen LogP contribution >= 0.6 is 0 Å². The lowest BCUT2D eigenvalue weighted by Crippen LogP contribution is -2.29. The molecule has 0 aliphatic heterocycles. The second kappa shape index (κ2) is 5.73. The van der Waals surface area contributed by atoms with Crippen molar-refractivity contribution in [2.24, 2.45) is 0 Å². The zero-order valence-electron chi connectivity index (χ0n) is 8.77. The average Bonchev–Trinajstić information content (AvgIpc) is 2.18. The maximum Gasteiger partial charge on any atom is 0.0574 e. The molecule has 2 N–H and O–H groups in total. The number of rotatable bonds is 5. The molecule has 1 aromatic heterocycles. The highest BCUT2D eigenvalue weighted by Gasteiger charge is 2.12. The van der Waals surface area contributed by atoms with Gasteiger partial charge in [-0.2, -0.15) is 0 Å². The van der Waals surface area contributed by atoms with Crippen LogP contribution in [0.2, 0.25) is 0 Å². The predicted molar refractivity (Wildman–Crippen MR) is 57.0 cm³/mol. The topological polar surface area (TPSA) is 45.1 Å². The van der Waals surface area contributed by atoms with Gasteiger partial charge in [-0.05, 0) is 18.6 Å². The van der Waals surface area contributed by atoms with Gasteiger partial charge in [0.2, 0.25) is 0 Å². The number of nitrogens with zero attached hydrogens (tertiary/aromatic N) is 1. The summed E-state index contributed by atoms with van der Waals surface area (Å²) in [7, 11) is 0. The van der Waals surface area contributed by atoms with E-state index in [0.29, 0.717) is 12.5 Å². The number of aliphatic hydroxyl groups is 1. The molecule has 1 heterocycles. The van der Waals surface area contributed by atoms with Gasteiger partial charge < -0.3 is 10.4 Å². The van der Waals surface area contributed by atoms with Crippen LogP contribution in [-0.4, -0.2) is 22.7 Å². The third-order valence-corrected chi connectivity index (χ3v) is 2.00. The molecule has 78 valence electrons. The van der Waals surface area contributed by atoms with Crippen LogP contribution in [0.25, 0.3) is 0 Å². The van der Waals surface area contributed by atoms with Crippen LogP contribution in [-0.2, 0) is 0 Å². The van der Waals surface area contributed by atoms with Crippen molar-refractivity contribution >= 4 is 0 Å². The quantitative estimate of drug-likeness (QED) is 0.746. The first-order chi connectivity index (χ1) is 6.74. The lowest BCUT2D eigenvalue weighted by Gasteiger charge is -2.19. The fraction of sp³-hybridized carbons (Fsp3) is 0.545. The summed E-state index contributed by atoms with van der Waals surface area (Å²) in [5, 5.41) is 12.3. The van der Waals surface area contributed by atoms with Crippen LogP contribution in [0, 0.1) is 0 Å². The fourth-order valence-electron chi connectivity index (χ4n) is 1.43. The molecule has 0 fully saturated rings. The number of aromatic nitrogens is 1. The second-order valence-corrected chi connectivity index (χ2v) is 3.64. The Morgan fingerprint density at radius 2 is 2.21 bits per heavy atom. The number of pyridine rings is 1. The van der Waals surface area contributed by atoms with Crippen molar-refractivity contribution in [3.05, 3.63) is 30.1 Å². The Hall–Kier alpha value is -0.930. The van der Waals surface area contributed by atoms with Gasteiger partial charge in [0.15, 0.2) is 0 Å². The van der Waals surface area contributed by atoms with Crippen LogP contribution < -0.4 is 5.32 Å². The second-order valence-electron chi connectivity index (χ2n) is 3.64. The molecule has 0 aromatic carbocycles. The number of aliphatic hydroxyl groups excluding tert-OH is 1. The molecule has 0 saturated heterocycles. The number of hydrogen-bond acceptors (Lipinski definition) is 3. The molecule has 1 unspecified atom stereocenters. The zero-order chi connectivity index (χ0) is 10.4. The third kappa shape index (κ3) is 3.44. The molecule has 1 aromatic rings. The first-order valence-corrected chi connectivity index (χ1v) is 5.02. The van der Waals surface area contributed by atoms with Gasteiger partial charge in [-0.3, -0.25) is 4.98 Å². The Balaban J connectivity index is 2.67. The monoisotopic (exact) mass is 194 g/mol. The van der Waals surface area contributed by atoms with Gasteiger partial charge in [0.1, 0.15) is 0 Å². The van der Waals surface area contributed by atoms with E-state index >= 15 is 0 Å². The average molecular weight is 194 g/mol. The van der Waals surface area contributed by atoms with Crippen molar-refractivity contribution in [3.8, 4) is 0 Å². The van der Waals surface area contributed by atoms with E-state index in [0.717, 1.165) is 5.69 Å². The molecule has 0 amide bonds. The first kappa shape index (κ1) is 11.1. The van der Waals surface area contributed by atoms with Gasteiger partial charge in [0, 0.05) is 18.8 Å². The SMILES string of the molecule is CC(C)NC(CCO)c1ccccn1. The van der Waals surface area contributed by atoms with E-state index in [1.54, 1.807) is 6.20 Å². The number of nitrogens with one attached hydrogen (secondary N) is 1. The molecule has 0 spiro atoms. The molecular formula is C11H18N2O. The highest BCUT2D eigenvalue weighted by atomic mass is 16.3. The van der Waals surface area contributed by atoms with Crippen molar-refractivity contribution in [2.45, 2.75) is 32.4 Å². The van der Waals surface area contributed by atoms with Gasteiger partial charge >= 0.3 is 0 Å². The van der Waals surface area contributed by atoms with E-state index < -0.39 is 0 Å². The lowest BCUT2D eigenvalue weighted by atomic mass is 10.1. The molecule has 3 nitrogen and oxygen atoms in total. The highest BCUT2D eigenvalue weighted by Crippen LogP contribution is 2.13. The lowest BCUT2D eigenvalue weighted by molar-refractivity contribution is 0.260. The Kier molecular flexibility index (Phi) is 4.56. The Morgan fingerprint density at radius 1 is 1.43 bits per heavy atom. The van der Waals surface area contributed by atoms with E-state index in [2.05, 4.69) is 24.1 Å². The summed E-state index contributed by atoms with van der Waals surface area (Å²) in [5.74, 6) is 0. The molecule has 0 saturated carbocycles. The largest absolute Gasteiger partial charge is 0.396 e. The maximum atomic E-state index is 8.94. The minimum Gasteiger partial charge on any atom is -0.396 e. The van der Waals surface area contributed by atoms with Crippen molar-refractivity contribution < 1.29 is 5.11 Å². The Bertz CT molecular complexity index is 249. The van der Waals surface area contributed by atoms with Gasteiger partial charge in [-0.15, -0.1) is 0 Å². The molecule has 14 heavy (non-hydrogen) atoms. The zero-order valence-corrected chi connectivity index (χ0v) is 8.77. The first-order valence-electron chi connectivity index (χ1n) is 5.02. The van der Waals surface area contributed by atoms with Crippen molar-refractivity contribution in [1.29, 1.82) is 0 Å². The Labute approximate surface area is 85.2 Å². The van der Waals surface area contributed by atoms with Crippen molar-refractivity contribution in [3.63, 3.8) is 0 Å². The highest BCUT2D eigenvalue weighted by molar-refractivity contribution is 5.08. The van der Waals surface area contributed by atoms with Gasteiger partial charge in [-0.25, -0.2) is 0 Å². The molecule has 1 atom stereocenters. The normalized spacial score (nSPS) is 13.1. The minimum absolute atomic E-state index is 0.154. The molecule has 0 aliphatic carbocycles. The van der Waals surface area contributed by atoms with E-state index in [9.17, 15) is 0 Å². The van der Waals surface area contributed by atoms with E-state index in [-0.39, 0.29) is 12.6 Å². The smallest absolute Gasteiger partial charge is 0.0574 e. The third-order valence-electron chi connectivity index (χ3n) is 2.00. The Morgan fingerprint density at radius 3 is 2.71 bits per heavy atom. The molecule has 1 rings (SSSR count). The van der Waals surface area contributed by atoms with Gasteiger partial charge in [0.25, 0.3) is 0 Å². The van der Waals surface area contributed by atoms with Crippen LogP contribution in [0.15, 0.2) is 24.4 Å². The van der Waals surface area contributed by atoms with Gasteiger partial charge in [0.05, 0.1) is 11.7 Å². The van der Waals surface area contributed by atoms with E-state index in [4.69, 9.17) is 5.11 Å². The maximum absolute atomic E-state index is 8.94. The van der Waals surface area contributed by atoms with Crippen LogP contribution in [0.4, 0.5) is 0 Å². The minimum atomic E-state index is 0.154. The van der Waals surface area contributed by atoms with Crippen LogP contribution in [0.1, 0.15) is 32.0 Å². The molecular weight excluding hydrogens is 176 g/mol. The van der Waals surface area contributed by atoms with Crippen LogP contribution in [0.3, 0.4) is 0 Å². The summed E-state index contributed by atoms with van der Waals surface area (Å²) < 4.78 is 0. The number of hydrogen-bond donors (Lipinski definition) is 2. The molecule has 3 heteroatoms. The fourth-order valence-corrected chi connectivity index (χ4v) is 1.43. The summed E-state index contributed by atoms with van der Waals surface area (Å²) in [6.07, 6.45) is 2.48. The summed E-state index contributed by atoms with van der Waals surface area (Å²) in [4.78, 5) is 4.28. The molecule has 0 bridgehead atoms. The summed E-state index contributed by atoms with van der Waals surface area (Å²) in [6, 6.07) is 6.40. The molecule has 0 aliphatic rings. The predicted octanol–water partition coefficient (Wildman–Crippen LogP) is 1.50. The summed E-state index contributed by atoms with van der Waals surface area (Å²) in [6.45, 7) is 4.36. The van der Waals surface area contributed by atoms with E-state index in [1.807, 2.05) is 18.2 Å². The molecule has 0 radical (unpaired) electrons. The van der Waals surface area contributed by atoms with E-state index in [1.165, 1.54) is 0 Å². The van der Waals surface area contributed by atoms with Gasteiger partial charge in [-0.1, -0.05) is 19.9 Å².